The Labute approximate surface area is 108 Å². The van der Waals surface area contributed by atoms with E-state index in [1.807, 2.05) is 20.8 Å². The predicted molar refractivity (Wildman–Crippen MR) is 72.0 cm³/mol. The maximum atomic E-state index is 11.7. The quantitative estimate of drug-likeness (QED) is 0.699. The molecule has 0 saturated carbocycles. The van der Waals surface area contributed by atoms with Crippen molar-refractivity contribution in [3.05, 3.63) is 27.9 Å². The average Bonchev–Trinajstić information content (AvgIpc) is 2.30. The monoisotopic (exact) mass is 253 g/mol. The van der Waals surface area contributed by atoms with Gasteiger partial charge in [0.2, 0.25) is 0 Å². The minimum atomic E-state index is 0.0242. The lowest BCUT2D eigenvalue weighted by Crippen LogP contribution is -2.29. The summed E-state index contributed by atoms with van der Waals surface area (Å²) in [7, 11) is 0. The number of nitrogens with one attached hydrogen (secondary N) is 1. The van der Waals surface area contributed by atoms with Crippen LogP contribution in [0, 0.1) is 13.8 Å². The minimum absolute atomic E-state index is 0.0242. The molecule has 0 aliphatic heterocycles. The van der Waals surface area contributed by atoms with E-state index >= 15 is 0 Å². The van der Waals surface area contributed by atoms with E-state index in [1.165, 1.54) is 0 Å². The van der Waals surface area contributed by atoms with Gasteiger partial charge in [-0.1, -0.05) is 0 Å². The molecule has 0 fully saturated rings. The first-order valence-corrected chi connectivity index (χ1v) is 6.48. The van der Waals surface area contributed by atoms with Crippen molar-refractivity contribution in [3.63, 3.8) is 0 Å². The zero-order chi connectivity index (χ0) is 13.4. The third-order valence-electron chi connectivity index (χ3n) is 2.69. The van der Waals surface area contributed by atoms with Crippen molar-refractivity contribution in [1.29, 1.82) is 0 Å². The van der Waals surface area contributed by atoms with Crippen LogP contribution in [0.15, 0.2) is 10.9 Å². The molecule has 1 aromatic rings. The summed E-state index contributed by atoms with van der Waals surface area (Å²) in [5, 5.41) is 3.29. The van der Waals surface area contributed by atoms with E-state index in [4.69, 9.17) is 4.74 Å². The van der Waals surface area contributed by atoms with Gasteiger partial charge in [0.25, 0.3) is 5.56 Å². The van der Waals surface area contributed by atoms with Crippen LogP contribution in [0.1, 0.15) is 24.9 Å². The van der Waals surface area contributed by atoms with Gasteiger partial charge < -0.3 is 10.1 Å². The van der Waals surface area contributed by atoms with Gasteiger partial charge in [-0.3, -0.25) is 9.36 Å². The van der Waals surface area contributed by atoms with Crippen molar-refractivity contribution in [3.8, 4) is 0 Å². The highest BCUT2D eigenvalue weighted by molar-refractivity contribution is 5.01. The summed E-state index contributed by atoms with van der Waals surface area (Å²) in [6, 6.07) is 1.57. The van der Waals surface area contributed by atoms with Crippen LogP contribution in [0.4, 0.5) is 0 Å². The average molecular weight is 253 g/mol. The minimum Gasteiger partial charge on any atom is -0.382 e. The largest absolute Gasteiger partial charge is 0.382 e. The SMILES string of the molecule is CCOCCCNCCn1c(C)nc(C)cc1=O. The van der Waals surface area contributed by atoms with E-state index in [0.29, 0.717) is 6.54 Å². The first kappa shape index (κ1) is 14.9. The van der Waals surface area contributed by atoms with Gasteiger partial charge in [0.15, 0.2) is 0 Å². The Hall–Kier alpha value is -1.20. The van der Waals surface area contributed by atoms with Gasteiger partial charge >= 0.3 is 0 Å². The van der Waals surface area contributed by atoms with Crippen molar-refractivity contribution in [2.24, 2.45) is 0 Å². The van der Waals surface area contributed by atoms with Crippen molar-refractivity contribution in [1.82, 2.24) is 14.9 Å². The predicted octanol–water partition coefficient (Wildman–Crippen LogP) is 0.876. The lowest BCUT2D eigenvalue weighted by atomic mass is 10.4. The highest BCUT2D eigenvalue weighted by Crippen LogP contribution is 1.92. The number of aromatic nitrogens is 2. The highest BCUT2D eigenvalue weighted by atomic mass is 16.5. The van der Waals surface area contributed by atoms with Gasteiger partial charge in [-0.25, -0.2) is 4.98 Å². The molecule has 0 amide bonds. The van der Waals surface area contributed by atoms with E-state index in [1.54, 1.807) is 10.6 Å². The number of ether oxygens (including phenoxy) is 1. The van der Waals surface area contributed by atoms with E-state index in [2.05, 4.69) is 10.3 Å². The molecule has 0 bridgehead atoms. The van der Waals surface area contributed by atoms with Crippen molar-refractivity contribution < 1.29 is 4.74 Å². The van der Waals surface area contributed by atoms with Crippen molar-refractivity contribution in [2.75, 3.05) is 26.3 Å². The Morgan fingerprint density at radius 3 is 2.83 bits per heavy atom. The van der Waals surface area contributed by atoms with Crippen LogP contribution in [-0.2, 0) is 11.3 Å². The maximum absolute atomic E-state index is 11.7. The third kappa shape index (κ3) is 4.98. The van der Waals surface area contributed by atoms with Gasteiger partial charge in [0.1, 0.15) is 5.82 Å². The first-order valence-electron chi connectivity index (χ1n) is 6.48. The topological polar surface area (TPSA) is 56.1 Å². The van der Waals surface area contributed by atoms with Crippen LogP contribution in [-0.4, -0.2) is 35.9 Å². The Morgan fingerprint density at radius 2 is 2.17 bits per heavy atom. The molecule has 0 atom stereocenters. The maximum Gasteiger partial charge on any atom is 0.253 e. The third-order valence-corrected chi connectivity index (χ3v) is 2.69. The molecule has 5 heteroatoms. The molecule has 1 rings (SSSR count). The van der Waals surface area contributed by atoms with Crippen molar-refractivity contribution >= 4 is 0 Å². The summed E-state index contributed by atoms with van der Waals surface area (Å²) in [4.78, 5) is 16.0. The number of nitrogens with zero attached hydrogens (tertiary/aromatic N) is 2. The van der Waals surface area contributed by atoms with E-state index < -0.39 is 0 Å². The molecule has 1 N–H and O–H groups in total. The second-order valence-corrected chi connectivity index (χ2v) is 4.24. The molecule has 0 spiro atoms. The van der Waals surface area contributed by atoms with Crippen LogP contribution in [0.5, 0.6) is 0 Å². The van der Waals surface area contributed by atoms with Gasteiger partial charge in [-0.15, -0.1) is 0 Å². The van der Waals surface area contributed by atoms with Gasteiger partial charge in [-0.2, -0.15) is 0 Å². The molecule has 0 aromatic carbocycles. The molecule has 102 valence electrons. The number of hydrogen-bond acceptors (Lipinski definition) is 4. The van der Waals surface area contributed by atoms with E-state index in [9.17, 15) is 4.79 Å². The fraction of sp³-hybridized carbons (Fsp3) is 0.692. The zero-order valence-electron chi connectivity index (χ0n) is 11.5. The Bertz CT molecular complexity index is 415. The van der Waals surface area contributed by atoms with Crippen LogP contribution >= 0.6 is 0 Å². The smallest absolute Gasteiger partial charge is 0.253 e. The lowest BCUT2D eigenvalue weighted by molar-refractivity contribution is 0.145. The number of aryl methyl sites for hydroxylation is 2. The van der Waals surface area contributed by atoms with Crippen molar-refractivity contribution in [2.45, 2.75) is 33.7 Å². The van der Waals surface area contributed by atoms with Crippen LogP contribution in [0.3, 0.4) is 0 Å². The van der Waals surface area contributed by atoms with Crippen LogP contribution in [0.25, 0.3) is 0 Å². The first-order chi connectivity index (χ1) is 8.65. The number of rotatable bonds is 8. The second-order valence-electron chi connectivity index (χ2n) is 4.24. The normalized spacial score (nSPS) is 10.8. The molecule has 1 aromatic heterocycles. The number of hydrogen-bond donors (Lipinski definition) is 1. The Morgan fingerprint density at radius 1 is 1.39 bits per heavy atom. The summed E-state index contributed by atoms with van der Waals surface area (Å²) in [6.45, 7) is 9.59. The molecule has 0 unspecified atom stereocenters. The molecule has 0 saturated heterocycles. The summed E-state index contributed by atoms with van der Waals surface area (Å²) in [6.07, 6.45) is 0.994. The molecule has 0 radical (unpaired) electrons. The molecule has 0 aliphatic rings. The van der Waals surface area contributed by atoms with Gasteiger partial charge in [0, 0.05) is 38.1 Å². The molecular weight excluding hydrogens is 230 g/mol. The van der Waals surface area contributed by atoms with E-state index in [-0.39, 0.29) is 5.56 Å². The van der Waals surface area contributed by atoms with Gasteiger partial charge in [-0.05, 0) is 33.7 Å². The summed E-state index contributed by atoms with van der Waals surface area (Å²) in [5.41, 5.74) is 0.800. The van der Waals surface area contributed by atoms with Crippen LogP contribution < -0.4 is 10.9 Å². The lowest BCUT2D eigenvalue weighted by Gasteiger charge is -2.10. The Balaban J connectivity index is 2.30. The molecular formula is C13H23N3O2. The zero-order valence-corrected chi connectivity index (χ0v) is 11.5. The highest BCUT2D eigenvalue weighted by Gasteiger charge is 2.01. The van der Waals surface area contributed by atoms with Gasteiger partial charge in [0.05, 0.1) is 0 Å². The molecule has 0 aliphatic carbocycles. The summed E-state index contributed by atoms with van der Waals surface area (Å²) in [5.74, 6) is 0.774. The van der Waals surface area contributed by atoms with Crippen LogP contribution in [0.2, 0.25) is 0 Å². The summed E-state index contributed by atoms with van der Waals surface area (Å²) >= 11 is 0. The molecule has 18 heavy (non-hydrogen) atoms. The summed E-state index contributed by atoms with van der Waals surface area (Å²) < 4.78 is 6.94. The fourth-order valence-electron chi connectivity index (χ4n) is 1.80. The Kier molecular flexibility index (Phi) is 6.60. The standard InChI is InChI=1S/C13H23N3O2/c1-4-18-9-5-6-14-7-8-16-12(3)15-11(2)10-13(16)17/h10,14H,4-9H2,1-3H3. The van der Waals surface area contributed by atoms with E-state index in [0.717, 1.165) is 44.2 Å². The molecule has 1 heterocycles. The molecule has 5 nitrogen and oxygen atoms in total. The second kappa shape index (κ2) is 8.00. The fourth-order valence-corrected chi connectivity index (χ4v) is 1.80.